The third kappa shape index (κ3) is 4.97. The molecule has 1 aromatic heterocycles. The minimum absolute atomic E-state index is 0.0574. The van der Waals surface area contributed by atoms with Gasteiger partial charge in [-0.05, 0) is 43.4 Å². The number of fused-ring (bicyclic) bond motifs is 1. The zero-order valence-corrected chi connectivity index (χ0v) is 22.8. The van der Waals surface area contributed by atoms with Crippen molar-refractivity contribution in [1.29, 1.82) is 0 Å². The lowest BCUT2D eigenvalue weighted by Crippen LogP contribution is -2.42. The van der Waals surface area contributed by atoms with Crippen LogP contribution in [0.5, 0.6) is 0 Å². The van der Waals surface area contributed by atoms with Crippen LogP contribution in [0.2, 0.25) is 0 Å². The Hall–Kier alpha value is -4.12. The van der Waals surface area contributed by atoms with Gasteiger partial charge in [0.15, 0.2) is 17.3 Å². The van der Waals surface area contributed by atoms with E-state index in [4.69, 9.17) is 9.52 Å². The molecule has 0 N–H and O–H groups in total. The number of rotatable bonds is 7. The van der Waals surface area contributed by atoms with Crippen molar-refractivity contribution < 1.29 is 9.21 Å². The summed E-state index contributed by atoms with van der Waals surface area (Å²) in [5.41, 5.74) is 1.16. The smallest absolute Gasteiger partial charge is 0.352 e. The molecule has 0 spiro atoms. The van der Waals surface area contributed by atoms with E-state index in [0.717, 1.165) is 74.7 Å². The molecular weight excluding hydrogens is 510 g/mol. The number of hydrogen-bond donors (Lipinski definition) is 0. The summed E-state index contributed by atoms with van der Waals surface area (Å²) in [6.07, 6.45) is 6.82. The number of hydrogen-bond acceptors (Lipinski definition) is 8. The van der Waals surface area contributed by atoms with Gasteiger partial charge >= 0.3 is 5.69 Å². The lowest BCUT2D eigenvalue weighted by Gasteiger charge is -2.35. The van der Waals surface area contributed by atoms with E-state index < -0.39 is 11.2 Å². The second kappa shape index (κ2) is 10.8. The molecule has 1 saturated carbocycles. The summed E-state index contributed by atoms with van der Waals surface area (Å²) in [7, 11) is 3.26. The summed E-state index contributed by atoms with van der Waals surface area (Å²) in [6, 6.07) is 12.4. The standard InChI is InChI=1S/C29H33N7O4/c1-33(18-37)21-13-15-35(16-14-21)17-19-7-9-20(10-8-19)23-11-12-24(40-23)26-30-25-27(31-29(39)34(2)28(25)38)36(32-26)22-5-3-4-6-22/h7-12,18,21-22H,3-6,13-17H2,1-2H3. The number of aromatic nitrogens is 5. The van der Waals surface area contributed by atoms with Crippen molar-refractivity contribution in [1.82, 2.24) is 34.1 Å². The van der Waals surface area contributed by atoms with Crippen molar-refractivity contribution in [3.05, 3.63) is 62.8 Å². The van der Waals surface area contributed by atoms with Gasteiger partial charge in [0.25, 0.3) is 5.56 Å². The largest absolute Gasteiger partial charge is 0.453 e. The molecule has 11 nitrogen and oxygen atoms in total. The maximum atomic E-state index is 12.9. The van der Waals surface area contributed by atoms with Gasteiger partial charge in [-0.15, -0.1) is 5.10 Å². The molecule has 1 saturated heterocycles. The highest BCUT2D eigenvalue weighted by Crippen LogP contribution is 2.33. The molecule has 2 fully saturated rings. The van der Waals surface area contributed by atoms with E-state index in [1.807, 2.05) is 31.3 Å². The maximum Gasteiger partial charge on any atom is 0.352 e. The van der Waals surface area contributed by atoms with E-state index in [9.17, 15) is 14.4 Å². The Balaban J connectivity index is 1.23. The second-order valence-corrected chi connectivity index (χ2v) is 10.9. The first-order chi connectivity index (χ1) is 19.4. The molecule has 0 unspecified atom stereocenters. The van der Waals surface area contributed by atoms with Gasteiger partial charge < -0.3 is 9.32 Å². The van der Waals surface area contributed by atoms with Gasteiger partial charge in [-0.2, -0.15) is 4.98 Å². The fourth-order valence-electron chi connectivity index (χ4n) is 5.82. The molecule has 0 bridgehead atoms. The number of nitrogens with zero attached hydrogens (tertiary/aromatic N) is 7. The predicted molar refractivity (Wildman–Crippen MR) is 149 cm³/mol. The molecule has 0 radical (unpaired) electrons. The van der Waals surface area contributed by atoms with Gasteiger partial charge in [0.1, 0.15) is 5.76 Å². The number of likely N-dealkylation sites (tertiary alicyclic amines) is 1. The molecule has 11 heteroatoms. The Morgan fingerprint density at radius 1 is 0.975 bits per heavy atom. The molecule has 3 aliphatic heterocycles. The van der Waals surface area contributed by atoms with E-state index in [1.54, 1.807) is 9.58 Å². The molecule has 0 atom stereocenters. The first kappa shape index (κ1) is 26.1. The lowest BCUT2D eigenvalue weighted by atomic mass is 10.0. The average molecular weight is 544 g/mol. The van der Waals surface area contributed by atoms with Gasteiger partial charge in [-0.1, -0.05) is 37.1 Å². The van der Waals surface area contributed by atoms with Crippen molar-refractivity contribution in [2.45, 2.75) is 57.2 Å². The molecule has 2 aromatic rings. The number of amides is 1. The highest BCUT2D eigenvalue weighted by atomic mass is 16.3. The fourth-order valence-corrected chi connectivity index (χ4v) is 5.82. The van der Waals surface area contributed by atoms with Crippen molar-refractivity contribution >= 4 is 6.41 Å². The zero-order chi connectivity index (χ0) is 27.8. The molecule has 1 aliphatic carbocycles. The topological polar surface area (TPSA) is 119 Å². The van der Waals surface area contributed by atoms with E-state index in [2.05, 4.69) is 27.0 Å². The minimum atomic E-state index is -0.612. The Kier molecular flexibility index (Phi) is 7.05. The normalized spacial score (nSPS) is 17.1. The van der Waals surface area contributed by atoms with Crippen molar-refractivity contribution in [3.8, 4) is 34.4 Å². The van der Waals surface area contributed by atoms with Crippen LogP contribution in [0.25, 0.3) is 34.4 Å². The Labute approximate surface area is 231 Å². The Morgan fingerprint density at radius 2 is 1.68 bits per heavy atom. The molecule has 1 amide bonds. The number of carbonyl (C=O) groups is 1. The first-order valence-corrected chi connectivity index (χ1v) is 13.9. The van der Waals surface area contributed by atoms with Crippen LogP contribution >= 0.6 is 0 Å². The Morgan fingerprint density at radius 3 is 2.38 bits per heavy atom. The SMILES string of the molecule is CN(C=O)C1CCN(Cc2ccc(-c3ccc(-c4nc5c(=O)n(C)c(=O)nc-5n(C5CCCC5)n4)o3)cc2)CC1. The molecule has 6 rings (SSSR count). The summed E-state index contributed by atoms with van der Waals surface area (Å²) in [4.78, 5) is 49.1. The zero-order valence-electron chi connectivity index (χ0n) is 22.8. The summed E-state index contributed by atoms with van der Waals surface area (Å²) in [6.45, 7) is 2.79. The van der Waals surface area contributed by atoms with Crippen molar-refractivity contribution in [2.24, 2.45) is 7.05 Å². The number of piperidine rings is 1. The second-order valence-electron chi connectivity index (χ2n) is 10.9. The van der Waals surface area contributed by atoms with Crippen molar-refractivity contribution in [3.63, 3.8) is 0 Å². The van der Waals surface area contributed by atoms with Gasteiger partial charge in [0.2, 0.25) is 12.2 Å². The van der Waals surface area contributed by atoms with Gasteiger partial charge in [-0.25, -0.2) is 14.5 Å². The fraction of sp³-hybridized carbons (Fsp3) is 0.448. The summed E-state index contributed by atoms with van der Waals surface area (Å²) in [5.74, 6) is 1.65. The van der Waals surface area contributed by atoms with E-state index in [1.165, 1.54) is 12.6 Å². The predicted octanol–water partition coefficient (Wildman–Crippen LogP) is 2.93. The number of benzene rings is 1. The highest BCUT2D eigenvalue weighted by molar-refractivity contribution is 5.63. The van der Waals surface area contributed by atoms with E-state index in [0.29, 0.717) is 23.4 Å². The van der Waals surface area contributed by atoms with Crippen LogP contribution in [0.3, 0.4) is 0 Å². The maximum absolute atomic E-state index is 12.9. The molecule has 208 valence electrons. The van der Waals surface area contributed by atoms with Crippen LogP contribution in [-0.2, 0) is 18.4 Å². The number of carbonyl (C=O) groups excluding carboxylic acids is 1. The minimum Gasteiger partial charge on any atom is -0.453 e. The van der Waals surface area contributed by atoms with Gasteiger partial charge in [-0.3, -0.25) is 19.1 Å². The van der Waals surface area contributed by atoms with Crippen LogP contribution in [-0.4, -0.2) is 66.7 Å². The van der Waals surface area contributed by atoms with Crippen LogP contribution < -0.4 is 11.2 Å². The molecule has 1 aromatic carbocycles. The van der Waals surface area contributed by atoms with E-state index in [-0.39, 0.29) is 17.6 Å². The number of furan rings is 1. The molecule has 40 heavy (non-hydrogen) atoms. The molecular formula is C29H33N7O4. The monoisotopic (exact) mass is 543 g/mol. The summed E-state index contributed by atoms with van der Waals surface area (Å²) in [5, 5.41) is 4.71. The lowest BCUT2D eigenvalue weighted by molar-refractivity contribution is -0.119. The quantitative estimate of drug-likeness (QED) is 0.327. The van der Waals surface area contributed by atoms with Crippen LogP contribution in [0.4, 0.5) is 0 Å². The Bertz CT molecular complexity index is 1590. The molecule has 4 aliphatic rings. The third-order valence-electron chi connectivity index (χ3n) is 8.29. The van der Waals surface area contributed by atoms with Gasteiger partial charge in [0.05, 0.1) is 6.04 Å². The highest BCUT2D eigenvalue weighted by Gasteiger charge is 2.28. The van der Waals surface area contributed by atoms with Crippen LogP contribution in [0.15, 0.2) is 50.4 Å². The third-order valence-corrected chi connectivity index (χ3v) is 8.29. The van der Waals surface area contributed by atoms with Crippen LogP contribution in [0, 0.1) is 0 Å². The first-order valence-electron chi connectivity index (χ1n) is 13.9. The van der Waals surface area contributed by atoms with Gasteiger partial charge in [0, 0.05) is 45.3 Å². The summed E-state index contributed by atoms with van der Waals surface area (Å²) < 4.78 is 8.85. The van der Waals surface area contributed by atoms with E-state index >= 15 is 0 Å². The summed E-state index contributed by atoms with van der Waals surface area (Å²) >= 11 is 0. The van der Waals surface area contributed by atoms with Crippen molar-refractivity contribution in [2.75, 3.05) is 20.1 Å². The molecule has 4 heterocycles. The average Bonchev–Trinajstić information content (AvgIpc) is 3.69. The van der Waals surface area contributed by atoms with Crippen LogP contribution in [0.1, 0.15) is 50.1 Å².